The third-order valence-electron chi connectivity index (χ3n) is 3.60. The number of ether oxygens (including phenoxy) is 2. The van der Waals surface area contributed by atoms with Crippen LogP contribution < -0.4 is 11.4 Å². The molecule has 3 atom stereocenters. The number of nitrogen functional groups attached to an aromatic ring is 1. The minimum atomic E-state index is -1.42. The SMILES string of the molecule is C#CC1(COC(=O)C(C)C)CC(O)C(n2cc(F)c(N)nc2=O)O1. The predicted molar refractivity (Wildman–Crippen MR) is 81.0 cm³/mol. The average molecular weight is 339 g/mol. The van der Waals surface area contributed by atoms with E-state index in [1.807, 2.05) is 0 Å². The maximum absolute atomic E-state index is 13.6. The van der Waals surface area contributed by atoms with Gasteiger partial charge in [-0.2, -0.15) is 4.98 Å². The second-order valence-electron chi connectivity index (χ2n) is 5.84. The number of nitrogens with two attached hydrogens (primary N) is 1. The van der Waals surface area contributed by atoms with Crippen LogP contribution in [0.25, 0.3) is 0 Å². The summed E-state index contributed by atoms with van der Waals surface area (Å²) in [5.74, 6) is -0.00324. The number of carbonyl (C=O) groups is 1. The Labute approximate surface area is 137 Å². The maximum Gasteiger partial charge on any atom is 0.351 e. The summed E-state index contributed by atoms with van der Waals surface area (Å²) in [6.45, 7) is 3.01. The first-order valence-corrected chi connectivity index (χ1v) is 7.23. The number of carbonyl (C=O) groups excluding carboxylic acids is 1. The van der Waals surface area contributed by atoms with E-state index in [0.717, 1.165) is 10.8 Å². The van der Waals surface area contributed by atoms with E-state index in [9.17, 15) is 19.1 Å². The summed E-state index contributed by atoms with van der Waals surface area (Å²) in [6, 6.07) is 0. The Morgan fingerprint density at radius 2 is 2.42 bits per heavy atom. The van der Waals surface area contributed by atoms with Crippen LogP contribution in [0, 0.1) is 24.1 Å². The molecule has 0 saturated carbocycles. The largest absolute Gasteiger partial charge is 0.461 e. The number of nitrogens with zero attached hydrogens (tertiary/aromatic N) is 2. The van der Waals surface area contributed by atoms with Crippen LogP contribution >= 0.6 is 0 Å². The summed E-state index contributed by atoms with van der Waals surface area (Å²) in [6.07, 6.45) is 3.64. The minimum Gasteiger partial charge on any atom is -0.461 e. The molecule has 9 heteroatoms. The summed E-state index contributed by atoms with van der Waals surface area (Å²) < 4.78 is 25.0. The van der Waals surface area contributed by atoms with E-state index < -0.39 is 41.2 Å². The highest BCUT2D eigenvalue weighted by molar-refractivity contribution is 5.71. The molecule has 1 aromatic rings. The molecule has 8 nitrogen and oxygen atoms in total. The summed E-state index contributed by atoms with van der Waals surface area (Å²) >= 11 is 0. The van der Waals surface area contributed by atoms with Crippen molar-refractivity contribution >= 4 is 11.8 Å². The minimum absolute atomic E-state index is 0.0992. The van der Waals surface area contributed by atoms with E-state index in [-0.39, 0.29) is 18.9 Å². The van der Waals surface area contributed by atoms with Gasteiger partial charge in [0.25, 0.3) is 0 Å². The molecule has 0 aromatic carbocycles. The number of aromatic nitrogens is 2. The van der Waals surface area contributed by atoms with E-state index in [1.165, 1.54) is 0 Å². The third-order valence-corrected chi connectivity index (χ3v) is 3.60. The van der Waals surface area contributed by atoms with Crippen molar-refractivity contribution in [2.75, 3.05) is 12.3 Å². The number of aliphatic hydroxyl groups is 1. The lowest BCUT2D eigenvalue weighted by Crippen LogP contribution is -2.36. The van der Waals surface area contributed by atoms with Crippen molar-refractivity contribution in [3.05, 3.63) is 22.5 Å². The Morgan fingerprint density at radius 3 is 3.00 bits per heavy atom. The van der Waals surface area contributed by atoms with Crippen LogP contribution in [0.5, 0.6) is 0 Å². The molecule has 2 heterocycles. The molecule has 0 amide bonds. The van der Waals surface area contributed by atoms with Gasteiger partial charge in [-0.15, -0.1) is 6.42 Å². The van der Waals surface area contributed by atoms with Gasteiger partial charge in [-0.3, -0.25) is 9.36 Å². The molecule has 1 aromatic heterocycles. The number of halogens is 1. The monoisotopic (exact) mass is 339 g/mol. The summed E-state index contributed by atoms with van der Waals surface area (Å²) in [5.41, 5.74) is 2.90. The van der Waals surface area contributed by atoms with Crippen molar-refractivity contribution in [2.24, 2.45) is 5.92 Å². The smallest absolute Gasteiger partial charge is 0.351 e. The first-order chi connectivity index (χ1) is 11.2. The van der Waals surface area contributed by atoms with Crippen molar-refractivity contribution in [1.29, 1.82) is 0 Å². The van der Waals surface area contributed by atoms with Crippen LogP contribution in [0.15, 0.2) is 11.0 Å². The van der Waals surface area contributed by atoms with Crippen molar-refractivity contribution in [3.8, 4) is 12.3 Å². The Morgan fingerprint density at radius 1 is 1.75 bits per heavy atom. The van der Waals surface area contributed by atoms with E-state index in [2.05, 4.69) is 10.9 Å². The van der Waals surface area contributed by atoms with Crippen LogP contribution in [0.2, 0.25) is 0 Å². The molecule has 0 bridgehead atoms. The van der Waals surface area contributed by atoms with Crippen LogP contribution in [-0.2, 0) is 14.3 Å². The maximum atomic E-state index is 13.6. The van der Waals surface area contributed by atoms with Gasteiger partial charge in [0.05, 0.1) is 12.1 Å². The van der Waals surface area contributed by atoms with Gasteiger partial charge in [0.1, 0.15) is 12.7 Å². The van der Waals surface area contributed by atoms with Gasteiger partial charge in [-0.25, -0.2) is 9.18 Å². The second-order valence-corrected chi connectivity index (χ2v) is 5.84. The number of hydrogen-bond donors (Lipinski definition) is 2. The Kier molecular flexibility index (Phi) is 4.91. The fraction of sp³-hybridized carbons (Fsp3) is 0.533. The Bertz CT molecular complexity index is 742. The van der Waals surface area contributed by atoms with Crippen LogP contribution in [0.3, 0.4) is 0 Å². The topological polar surface area (TPSA) is 117 Å². The highest BCUT2D eigenvalue weighted by atomic mass is 19.1. The van der Waals surface area contributed by atoms with E-state index in [0.29, 0.717) is 0 Å². The lowest BCUT2D eigenvalue weighted by atomic mass is 10.0. The first kappa shape index (κ1) is 17.9. The Balaban J connectivity index is 2.24. The van der Waals surface area contributed by atoms with Crippen LogP contribution in [0.4, 0.5) is 10.2 Å². The van der Waals surface area contributed by atoms with Crippen molar-refractivity contribution in [2.45, 2.75) is 38.2 Å². The normalized spacial score (nSPS) is 26.3. The molecule has 1 aliphatic heterocycles. The van der Waals surface area contributed by atoms with Gasteiger partial charge in [0.15, 0.2) is 23.5 Å². The van der Waals surface area contributed by atoms with Gasteiger partial charge in [0.2, 0.25) is 0 Å². The average Bonchev–Trinajstić information content (AvgIpc) is 2.86. The molecule has 130 valence electrons. The summed E-state index contributed by atoms with van der Waals surface area (Å²) in [5, 5.41) is 10.2. The van der Waals surface area contributed by atoms with Crippen molar-refractivity contribution in [1.82, 2.24) is 9.55 Å². The molecular weight excluding hydrogens is 321 g/mol. The molecule has 1 saturated heterocycles. The number of terminal acetylenes is 1. The summed E-state index contributed by atoms with van der Waals surface area (Å²) in [7, 11) is 0. The zero-order valence-corrected chi connectivity index (χ0v) is 13.2. The molecule has 3 unspecified atom stereocenters. The van der Waals surface area contributed by atoms with E-state index >= 15 is 0 Å². The molecule has 0 spiro atoms. The molecule has 2 rings (SSSR count). The van der Waals surface area contributed by atoms with Gasteiger partial charge in [-0.05, 0) is 0 Å². The lowest BCUT2D eigenvalue weighted by Gasteiger charge is -2.24. The highest BCUT2D eigenvalue weighted by Crippen LogP contribution is 2.36. The molecule has 0 radical (unpaired) electrons. The second kappa shape index (κ2) is 6.59. The number of esters is 1. The fourth-order valence-electron chi connectivity index (χ4n) is 2.26. The van der Waals surface area contributed by atoms with Gasteiger partial charge >= 0.3 is 11.7 Å². The number of aliphatic hydroxyl groups excluding tert-OH is 1. The van der Waals surface area contributed by atoms with Crippen molar-refractivity contribution < 1.29 is 23.8 Å². The Hall–Kier alpha value is -2.44. The lowest BCUT2D eigenvalue weighted by molar-refractivity contribution is -0.156. The number of anilines is 1. The zero-order valence-electron chi connectivity index (χ0n) is 13.2. The standard InChI is InChI=1S/C15H18FN3O5/c1-4-15(7-23-13(21)8(2)3)5-10(20)12(24-15)19-6-9(16)11(17)18-14(19)22/h1,6,8,10,12,20H,5,7H2,2-3H3,(H2,17,18,22). The number of hydrogen-bond acceptors (Lipinski definition) is 7. The molecular formula is C15H18FN3O5. The van der Waals surface area contributed by atoms with E-state index in [1.54, 1.807) is 13.8 Å². The highest BCUT2D eigenvalue weighted by Gasteiger charge is 2.47. The molecule has 24 heavy (non-hydrogen) atoms. The molecule has 0 aliphatic carbocycles. The van der Waals surface area contributed by atoms with Gasteiger partial charge < -0.3 is 20.3 Å². The van der Waals surface area contributed by atoms with Crippen LogP contribution in [-0.4, -0.2) is 38.9 Å². The van der Waals surface area contributed by atoms with E-state index in [4.69, 9.17) is 21.6 Å². The zero-order chi connectivity index (χ0) is 18.1. The number of rotatable bonds is 4. The molecule has 1 aliphatic rings. The molecule has 1 fully saturated rings. The summed E-state index contributed by atoms with van der Waals surface area (Å²) in [4.78, 5) is 26.8. The first-order valence-electron chi connectivity index (χ1n) is 7.23. The quantitative estimate of drug-likeness (QED) is 0.577. The predicted octanol–water partition coefficient (Wildman–Crippen LogP) is -0.184. The van der Waals surface area contributed by atoms with Gasteiger partial charge in [0, 0.05) is 6.42 Å². The van der Waals surface area contributed by atoms with Crippen molar-refractivity contribution in [3.63, 3.8) is 0 Å². The fourth-order valence-corrected chi connectivity index (χ4v) is 2.26. The van der Waals surface area contributed by atoms with Gasteiger partial charge in [-0.1, -0.05) is 19.8 Å². The third kappa shape index (κ3) is 3.39. The molecule has 3 N–H and O–H groups in total. The van der Waals surface area contributed by atoms with Crippen LogP contribution in [0.1, 0.15) is 26.5 Å².